The van der Waals surface area contributed by atoms with Gasteiger partial charge in [0.15, 0.2) is 0 Å². The average molecular weight is 288 g/mol. The fraction of sp³-hybridized carbons (Fsp3) is 0.500. The highest BCUT2D eigenvalue weighted by molar-refractivity contribution is 7.10. The molecule has 2 aromatic heterocycles. The van der Waals surface area contributed by atoms with E-state index in [4.69, 9.17) is 9.68 Å². The van der Waals surface area contributed by atoms with E-state index in [-0.39, 0.29) is 0 Å². The van der Waals surface area contributed by atoms with Crippen molar-refractivity contribution in [2.75, 3.05) is 5.32 Å². The van der Waals surface area contributed by atoms with E-state index in [2.05, 4.69) is 21.6 Å². The molecule has 1 fully saturated rings. The molecule has 0 saturated heterocycles. The molecule has 0 atom stereocenters. The number of nitriles is 1. The van der Waals surface area contributed by atoms with Crippen molar-refractivity contribution >= 4 is 17.4 Å². The van der Waals surface area contributed by atoms with Crippen LogP contribution in [0.1, 0.15) is 42.0 Å². The molecule has 1 N–H and O–H groups in total. The van der Waals surface area contributed by atoms with Gasteiger partial charge in [-0.1, -0.05) is 17.9 Å². The van der Waals surface area contributed by atoms with Crippen LogP contribution in [0, 0.1) is 17.2 Å². The van der Waals surface area contributed by atoms with Crippen LogP contribution in [0.25, 0.3) is 0 Å². The first-order chi connectivity index (χ1) is 9.83. The van der Waals surface area contributed by atoms with Crippen molar-refractivity contribution in [3.63, 3.8) is 0 Å². The summed E-state index contributed by atoms with van der Waals surface area (Å²) in [6, 6.07) is 4.45. The lowest BCUT2D eigenvalue weighted by Crippen LogP contribution is -1.98. The van der Waals surface area contributed by atoms with Gasteiger partial charge < -0.3 is 9.73 Å². The molecule has 3 rings (SSSR count). The monoisotopic (exact) mass is 288 g/mol. The molecule has 1 aliphatic rings. The maximum atomic E-state index is 8.77. The Morgan fingerprint density at radius 3 is 3.00 bits per heavy atom. The summed E-state index contributed by atoms with van der Waals surface area (Å²) in [6.45, 7) is 0.609. The van der Waals surface area contributed by atoms with Crippen LogP contribution in [0.5, 0.6) is 0 Å². The van der Waals surface area contributed by atoms with E-state index >= 15 is 0 Å². The zero-order valence-electron chi connectivity index (χ0n) is 11.1. The number of hydrogen-bond donors (Lipinski definition) is 1. The van der Waals surface area contributed by atoms with Crippen LogP contribution in [-0.2, 0) is 13.0 Å². The number of aromatic nitrogens is 2. The summed E-state index contributed by atoms with van der Waals surface area (Å²) >= 11 is 1.55. The predicted octanol–water partition coefficient (Wildman–Crippen LogP) is 3.35. The zero-order chi connectivity index (χ0) is 13.8. The van der Waals surface area contributed by atoms with Gasteiger partial charge in [-0.05, 0) is 24.8 Å². The molecule has 0 radical (unpaired) electrons. The number of thiophene rings is 1. The van der Waals surface area contributed by atoms with Gasteiger partial charge in [-0.15, -0.1) is 16.4 Å². The summed E-state index contributed by atoms with van der Waals surface area (Å²) in [4.78, 5) is 1.08. The normalized spacial score (nSPS) is 15.3. The Labute approximate surface area is 121 Å². The quantitative estimate of drug-likeness (QED) is 0.913. The molecule has 0 spiro atoms. The largest absolute Gasteiger partial charge is 0.408 e. The van der Waals surface area contributed by atoms with Crippen LogP contribution >= 0.6 is 11.3 Å². The molecule has 20 heavy (non-hydrogen) atoms. The molecule has 0 aliphatic heterocycles. The molecule has 0 unspecified atom stereocenters. The molecule has 0 amide bonds. The summed E-state index contributed by atoms with van der Waals surface area (Å²) < 4.78 is 5.61. The van der Waals surface area contributed by atoms with E-state index in [1.54, 1.807) is 11.3 Å². The average Bonchev–Trinajstić information content (AvgIpc) is 3.18. The summed E-state index contributed by atoms with van der Waals surface area (Å²) in [5, 5.41) is 21.8. The Hall–Kier alpha value is -1.87. The van der Waals surface area contributed by atoms with Gasteiger partial charge in [0.1, 0.15) is 6.07 Å². The molecule has 2 heterocycles. The smallest absolute Gasteiger partial charge is 0.315 e. The lowest BCUT2D eigenvalue weighted by Gasteiger charge is -2.03. The van der Waals surface area contributed by atoms with E-state index in [0.717, 1.165) is 17.2 Å². The molecule has 6 heteroatoms. The van der Waals surface area contributed by atoms with Gasteiger partial charge in [-0.3, -0.25) is 0 Å². The number of nitrogens with one attached hydrogen (secondary N) is 1. The lowest BCUT2D eigenvalue weighted by atomic mass is 10.0. The zero-order valence-corrected chi connectivity index (χ0v) is 11.9. The summed E-state index contributed by atoms with van der Waals surface area (Å²) in [5.41, 5.74) is 0.694. The predicted molar refractivity (Wildman–Crippen MR) is 76.3 cm³/mol. The number of rotatable bonds is 5. The highest BCUT2D eigenvalue weighted by Crippen LogP contribution is 2.28. The molecule has 5 nitrogen and oxygen atoms in total. The number of nitrogens with zero attached hydrogens (tertiary/aromatic N) is 3. The SMILES string of the molecule is N#Cc1csc(CNc2nnc(CC3CCCC3)o2)c1. The summed E-state index contributed by atoms with van der Waals surface area (Å²) in [6.07, 6.45) is 6.09. The third kappa shape index (κ3) is 3.17. The van der Waals surface area contributed by atoms with E-state index < -0.39 is 0 Å². The Bertz CT molecular complexity index is 607. The molecule has 1 aliphatic carbocycles. The minimum Gasteiger partial charge on any atom is -0.408 e. The Balaban J connectivity index is 1.53. The topological polar surface area (TPSA) is 74.7 Å². The maximum Gasteiger partial charge on any atom is 0.315 e. The third-order valence-corrected chi connectivity index (χ3v) is 4.54. The minimum atomic E-state index is 0.463. The lowest BCUT2D eigenvalue weighted by molar-refractivity contribution is 0.437. The van der Waals surface area contributed by atoms with Gasteiger partial charge in [0.05, 0.1) is 12.1 Å². The van der Waals surface area contributed by atoms with E-state index in [1.165, 1.54) is 25.7 Å². The summed E-state index contributed by atoms with van der Waals surface area (Å²) in [7, 11) is 0. The Morgan fingerprint density at radius 2 is 2.25 bits per heavy atom. The molecule has 0 aromatic carbocycles. The van der Waals surface area contributed by atoms with Gasteiger partial charge in [-0.25, -0.2) is 0 Å². The standard InChI is InChI=1S/C14H16N4OS/c15-7-11-5-12(20-9-11)8-16-14-18-17-13(19-14)6-10-3-1-2-4-10/h5,9-10H,1-4,6,8H2,(H,16,18). The van der Waals surface area contributed by atoms with Gasteiger partial charge in [0, 0.05) is 16.7 Å². The van der Waals surface area contributed by atoms with Crippen LogP contribution in [0.2, 0.25) is 0 Å². The van der Waals surface area contributed by atoms with Crippen molar-refractivity contribution in [1.82, 2.24) is 10.2 Å². The second kappa shape index (κ2) is 6.06. The van der Waals surface area contributed by atoms with Crippen LogP contribution in [0.3, 0.4) is 0 Å². The van der Waals surface area contributed by atoms with Crippen molar-refractivity contribution in [3.8, 4) is 6.07 Å². The van der Waals surface area contributed by atoms with E-state index in [1.807, 2.05) is 11.4 Å². The fourth-order valence-electron chi connectivity index (χ4n) is 2.56. The molecule has 0 bridgehead atoms. The van der Waals surface area contributed by atoms with Gasteiger partial charge >= 0.3 is 6.01 Å². The molecular formula is C14H16N4OS. The van der Waals surface area contributed by atoms with Crippen LogP contribution in [0.15, 0.2) is 15.9 Å². The molecule has 104 valence electrons. The Kier molecular flexibility index (Phi) is 3.97. The molecule has 2 aromatic rings. The number of hydrogen-bond acceptors (Lipinski definition) is 6. The highest BCUT2D eigenvalue weighted by atomic mass is 32.1. The van der Waals surface area contributed by atoms with E-state index in [0.29, 0.717) is 24.0 Å². The first-order valence-electron chi connectivity index (χ1n) is 6.87. The fourth-order valence-corrected chi connectivity index (χ4v) is 3.31. The summed E-state index contributed by atoms with van der Waals surface area (Å²) in [5.74, 6) is 1.43. The first kappa shape index (κ1) is 13.1. The van der Waals surface area contributed by atoms with Crippen molar-refractivity contribution in [1.29, 1.82) is 5.26 Å². The van der Waals surface area contributed by atoms with Gasteiger partial charge in [-0.2, -0.15) is 5.26 Å². The highest BCUT2D eigenvalue weighted by Gasteiger charge is 2.18. The Morgan fingerprint density at radius 1 is 1.40 bits per heavy atom. The van der Waals surface area contributed by atoms with Crippen molar-refractivity contribution < 1.29 is 4.42 Å². The first-order valence-corrected chi connectivity index (χ1v) is 7.75. The van der Waals surface area contributed by atoms with Gasteiger partial charge in [0.2, 0.25) is 5.89 Å². The van der Waals surface area contributed by atoms with Crippen molar-refractivity contribution in [2.45, 2.75) is 38.6 Å². The second-order valence-corrected chi connectivity index (χ2v) is 6.12. The maximum absolute atomic E-state index is 8.77. The van der Waals surface area contributed by atoms with Crippen LogP contribution in [-0.4, -0.2) is 10.2 Å². The van der Waals surface area contributed by atoms with Gasteiger partial charge in [0.25, 0.3) is 0 Å². The minimum absolute atomic E-state index is 0.463. The number of anilines is 1. The van der Waals surface area contributed by atoms with E-state index in [9.17, 15) is 0 Å². The van der Waals surface area contributed by atoms with Crippen LogP contribution < -0.4 is 5.32 Å². The molecular weight excluding hydrogens is 272 g/mol. The van der Waals surface area contributed by atoms with Crippen LogP contribution in [0.4, 0.5) is 6.01 Å². The third-order valence-electron chi connectivity index (χ3n) is 3.60. The second-order valence-electron chi connectivity index (χ2n) is 5.12. The van der Waals surface area contributed by atoms with Crippen molar-refractivity contribution in [2.24, 2.45) is 5.92 Å². The van der Waals surface area contributed by atoms with Crippen molar-refractivity contribution in [3.05, 3.63) is 27.8 Å². The molecule has 1 saturated carbocycles.